The van der Waals surface area contributed by atoms with Crippen LogP contribution >= 0.6 is 0 Å². The van der Waals surface area contributed by atoms with Crippen molar-refractivity contribution in [2.24, 2.45) is 5.92 Å². The lowest BCUT2D eigenvalue weighted by Gasteiger charge is -2.11. The minimum absolute atomic E-state index is 0.225. The summed E-state index contributed by atoms with van der Waals surface area (Å²) in [7, 11) is 3.09. The Morgan fingerprint density at radius 3 is 2.50 bits per heavy atom. The molecule has 2 rings (SSSR count). The highest BCUT2D eigenvalue weighted by atomic mass is 16.5. The average molecular weight is 330 g/mol. The van der Waals surface area contributed by atoms with E-state index in [-0.39, 0.29) is 11.6 Å². The number of hydrogen-bond donors (Lipinski definition) is 2. The Kier molecular flexibility index (Phi) is 5.95. The molecule has 7 nitrogen and oxygen atoms in total. The molecule has 24 heavy (non-hydrogen) atoms. The maximum atomic E-state index is 12.3. The Balaban J connectivity index is 2.07. The van der Waals surface area contributed by atoms with Gasteiger partial charge in [0.25, 0.3) is 5.91 Å². The number of carbonyl (C=O) groups excluding carboxylic acids is 1. The van der Waals surface area contributed by atoms with Crippen LogP contribution < -0.4 is 20.1 Å². The van der Waals surface area contributed by atoms with Crippen LogP contribution in [0.2, 0.25) is 0 Å². The van der Waals surface area contributed by atoms with Crippen molar-refractivity contribution in [2.75, 3.05) is 31.4 Å². The van der Waals surface area contributed by atoms with E-state index < -0.39 is 0 Å². The summed E-state index contributed by atoms with van der Waals surface area (Å²) in [5.74, 6) is 1.93. The van der Waals surface area contributed by atoms with Gasteiger partial charge >= 0.3 is 0 Å². The topological polar surface area (TPSA) is 85.4 Å². The minimum Gasteiger partial charge on any atom is -0.497 e. The third-order valence-corrected chi connectivity index (χ3v) is 3.25. The molecule has 0 spiro atoms. The van der Waals surface area contributed by atoms with Crippen LogP contribution in [0.3, 0.4) is 0 Å². The van der Waals surface area contributed by atoms with E-state index >= 15 is 0 Å². The smallest absolute Gasteiger partial charge is 0.276 e. The Bertz CT molecular complexity index is 687. The van der Waals surface area contributed by atoms with Crippen LogP contribution in [-0.2, 0) is 0 Å². The summed E-state index contributed by atoms with van der Waals surface area (Å²) in [6.45, 7) is 5.00. The van der Waals surface area contributed by atoms with Crippen LogP contribution in [0, 0.1) is 5.92 Å². The predicted molar refractivity (Wildman–Crippen MR) is 92.9 cm³/mol. The summed E-state index contributed by atoms with van der Waals surface area (Å²) in [5, 5.41) is 13.9. The molecule has 0 atom stereocenters. The fourth-order valence-electron chi connectivity index (χ4n) is 1.94. The van der Waals surface area contributed by atoms with Crippen LogP contribution in [0.1, 0.15) is 24.3 Å². The van der Waals surface area contributed by atoms with Crippen molar-refractivity contribution in [3.63, 3.8) is 0 Å². The number of nitrogens with zero attached hydrogens (tertiary/aromatic N) is 2. The van der Waals surface area contributed by atoms with Crippen LogP contribution in [-0.4, -0.2) is 36.9 Å². The monoisotopic (exact) mass is 330 g/mol. The first-order valence-corrected chi connectivity index (χ1v) is 7.64. The van der Waals surface area contributed by atoms with Crippen molar-refractivity contribution < 1.29 is 14.3 Å². The molecular formula is C17H22N4O3. The molecule has 7 heteroatoms. The Labute approximate surface area is 141 Å². The summed E-state index contributed by atoms with van der Waals surface area (Å²) in [6.07, 6.45) is 0. The normalized spacial score (nSPS) is 10.4. The molecule has 128 valence electrons. The van der Waals surface area contributed by atoms with E-state index in [1.54, 1.807) is 37.4 Å². The van der Waals surface area contributed by atoms with E-state index in [1.165, 1.54) is 7.11 Å². The van der Waals surface area contributed by atoms with Crippen LogP contribution in [0.5, 0.6) is 11.5 Å². The van der Waals surface area contributed by atoms with Crippen LogP contribution in [0.25, 0.3) is 0 Å². The van der Waals surface area contributed by atoms with Gasteiger partial charge in [-0.25, -0.2) is 0 Å². The molecule has 0 bridgehead atoms. The fourth-order valence-corrected chi connectivity index (χ4v) is 1.94. The first-order valence-electron chi connectivity index (χ1n) is 7.64. The lowest BCUT2D eigenvalue weighted by Crippen LogP contribution is -2.16. The zero-order valence-corrected chi connectivity index (χ0v) is 14.3. The number of anilines is 2. The van der Waals surface area contributed by atoms with Gasteiger partial charge in [-0.15, -0.1) is 10.2 Å². The molecule has 0 saturated heterocycles. The van der Waals surface area contributed by atoms with Crippen molar-refractivity contribution >= 4 is 17.4 Å². The Morgan fingerprint density at radius 1 is 1.12 bits per heavy atom. The fraction of sp³-hybridized carbons (Fsp3) is 0.353. The van der Waals surface area contributed by atoms with Crippen molar-refractivity contribution in [2.45, 2.75) is 13.8 Å². The zero-order valence-electron chi connectivity index (χ0n) is 14.3. The van der Waals surface area contributed by atoms with Gasteiger partial charge in [-0.1, -0.05) is 13.8 Å². The van der Waals surface area contributed by atoms with E-state index in [0.717, 1.165) is 6.54 Å². The Morgan fingerprint density at radius 2 is 1.92 bits per heavy atom. The number of rotatable bonds is 7. The summed E-state index contributed by atoms with van der Waals surface area (Å²) >= 11 is 0. The molecule has 1 heterocycles. The van der Waals surface area contributed by atoms with Gasteiger partial charge in [0.1, 0.15) is 17.3 Å². The summed E-state index contributed by atoms with van der Waals surface area (Å²) in [5.41, 5.74) is 0.759. The maximum Gasteiger partial charge on any atom is 0.276 e. The van der Waals surface area contributed by atoms with Crippen LogP contribution in [0.4, 0.5) is 11.5 Å². The zero-order chi connectivity index (χ0) is 17.5. The highest BCUT2D eigenvalue weighted by Gasteiger charge is 2.12. The van der Waals surface area contributed by atoms with Gasteiger partial charge in [0.15, 0.2) is 5.69 Å². The molecular weight excluding hydrogens is 308 g/mol. The number of methoxy groups -OCH3 is 2. The number of hydrogen-bond acceptors (Lipinski definition) is 6. The van der Waals surface area contributed by atoms with Gasteiger partial charge in [-0.2, -0.15) is 0 Å². The molecule has 0 saturated carbocycles. The first kappa shape index (κ1) is 17.5. The molecule has 0 aliphatic heterocycles. The predicted octanol–water partition coefficient (Wildman–Crippen LogP) is 2.81. The SMILES string of the molecule is COc1ccc(NC(=O)c2ccc(NCC(C)C)nn2)c(OC)c1. The van der Waals surface area contributed by atoms with Crippen molar-refractivity contribution in [1.82, 2.24) is 10.2 Å². The van der Waals surface area contributed by atoms with Gasteiger partial charge in [-0.3, -0.25) is 4.79 Å². The molecule has 1 aromatic carbocycles. The van der Waals surface area contributed by atoms with E-state index in [2.05, 4.69) is 34.7 Å². The van der Waals surface area contributed by atoms with Crippen molar-refractivity contribution in [3.05, 3.63) is 36.0 Å². The number of aromatic nitrogens is 2. The van der Waals surface area contributed by atoms with Gasteiger partial charge in [0, 0.05) is 12.6 Å². The Hall–Kier alpha value is -2.83. The van der Waals surface area contributed by atoms with Crippen molar-refractivity contribution in [3.8, 4) is 11.5 Å². The standard InChI is InChI=1S/C17H22N4O3/c1-11(2)10-18-16-8-7-14(20-21-16)17(22)19-13-6-5-12(23-3)9-15(13)24-4/h5-9,11H,10H2,1-4H3,(H,18,21)(H,19,22). The third kappa shape index (κ3) is 4.58. The summed E-state index contributed by atoms with van der Waals surface area (Å²) in [6, 6.07) is 8.50. The molecule has 0 fully saturated rings. The molecule has 0 unspecified atom stereocenters. The van der Waals surface area contributed by atoms with Crippen LogP contribution in [0.15, 0.2) is 30.3 Å². The molecule has 0 aliphatic carbocycles. The summed E-state index contributed by atoms with van der Waals surface area (Å²) in [4.78, 5) is 12.3. The second kappa shape index (κ2) is 8.14. The van der Waals surface area contributed by atoms with E-state index in [4.69, 9.17) is 9.47 Å². The van der Waals surface area contributed by atoms with E-state index in [1.807, 2.05) is 0 Å². The number of nitrogens with one attached hydrogen (secondary N) is 2. The molecule has 1 aromatic heterocycles. The average Bonchev–Trinajstić information content (AvgIpc) is 2.60. The largest absolute Gasteiger partial charge is 0.497 e. The van der Waals surface area contributed by atoms with Gasteiger partial charge in [0.05, 0.1) is 19.9 Å². The number of carbonyl (C=O) groups is 1. The quantitative estimate of drug-likeness (QED) is 0.812. The second-order valence-electron chi connectivity index (χ2n) is 5.60. The highest BCUT2D eigenvalue weighted by molar-refractivity contribution is 6.03. The third-order valence-electron chi connectivity index (χ3n) is 3.25. The highest BCUT2D eigenvalue weighted by Crippen LogP contribution is 2.29. The molecule has 2 N–H and O–H groups in total. The van der Waals surface area contributed by atoms with Gasteiger partial charge in [-0.05, 0) is 30.2 Å². The minimum atomic E-state index is -0.360. The first-order chi connectivity index (χ1) is 11.5. The molecule has 0 aliphatic rings. The number of ether oxygens (including phenoxy) is 2. The van der Waals surface area contributed by atoms with E-state index in [0.29, 0.717) is 28.9 Å². The lowest BCUT2D eigenvalue weighted by molar-refractivity contribution is 0.102. The second-order valence-corrected chi connectivity index (χ2v) is 5.60. The van der Waals surface area contributed by atoms with Gasteiger partial charge < -0.3 is 20.1 Å². The van der Waals surface area contributed by atoms with Crippen molar-refractivity contribution in [1.29, 1.82) is 0 Å². The molecule has 1 amide bonds. The number of benzene rings is 1. The lowest BCUT2D eigenvalue weighted by atomic mass is 10.2. The van der Waals surface area contributed by atoms with E-state index in [9.17, 15) is 4.79 Å². The summed E-state index contributed by atoms with van der Waals surface area (Å²) < 4.78 is 10.4. The maximum absolute atomic E-state index is 12.3. The number of amides is 1. The molecule has 0 radical (unpaired) electrons. The molecule has 2 aromatic rings. The van der Waals surface area contributed by atoms with Gasteiger partial charge in [0.2, 0.25) is 0 Å².